The summed E-state index contributed by atoms with van der Waals surface area (Å²) in [4.78, 5) is 1.00. The smallest absolute Gasteiger partial charge is 0.166 e. The Kier molecular flexibility index (Phi) is 6.79. The van der Waals surface area contributed by atoms with E-state index >= 15 is 0 Å². The van der Waals surface area contributed by atoms with E-state index in [9.17, 15) is 4.21 Å². The van der Waals surface area contributed by atoms with E-state index in [0.29, 0.717) is 21.3 Å². The first-order valence-corrected chi connectivity index (χ1v) is 10.9. The molecule has 0 saturated heterocycles. The highest BCUT2D eigenvalue weighted by Crippen LogP contribution is 2.43. The molecule has 0 unspecified atom stereocenters. The number of benzene rings is 2. The maximum atomic E-state index is 13.7. The molecule has 28 heavy (non-hydrogen) atoms. The van der Waals surface area contributed by atoms with Gasteiger partial charge in [-0.1, -0.05) is 53.7 Å². The number of hydrogen-bond acceptors (Lipinski definition) is 3. The van der Waals surface area contributed by atoms with Crippen LogP contribution in [0, 0.1) is 13.8 Å². The zero-order valence-electron chi connectivity index (χ0n) is 17.7. The Hall–Kier alpha value is -1.23. The van der Waals surface area contributed by atoms with E-state index in [-0.39, 0.29) is 10.8 Å². The van der Waals surface area contributed by atoms with Crippen LogP contribution in [0.25, 0.3) is 0 Å². The molecular formula is C22H28Cl2O3S. The molecule has 0 heterocycles. The molecule has 2 aromatic carbocycles. The summed E-state index contributed by atoms with van der Waals surface area (Å²) in [6, 6.07) is 7.68. The van der Waals surface area contributed by atoms with Gasteiger partial charge in [0.05, 0.1) is 20.6 Å². The van der Waals surface area contributed by atoms with E-state index in [2.05, 4.69) is 41.5 Å². The number of halogens is 2. The lowest BCUT2D eigenvalue weighted by Gasteiger charge is -2.25. The van der Waals surface area contributed by atoms with Crippen molar-refractivity contribution < 1.29 is 12.8 Å². The monoisotopic (exact) mass is 442 g/mol. The lowest BCUT2D eigenvalue weighted by Crippen LogP contribution is -2.15. The van der Waals surface area contributed by atoms with Crippen molar-refractivity contribution in [1.29, 1.82) is 0 Å². The maximum absolute atomic E-state index is 13.7. The Morgan fingerprint density at radius 2 is 1.04 bits per heavy atom. The molecule has 0 aliphatic heterocycles. The first-order chi connectivity index (χ1) is 12.8. The second-order valence-corrected chi connectivity index (χ2v) is 10.9. The summed E-state index contributed by atoms with van der Waals surface area (Å²) in [6.45, 7) is 16.3. The predicted molar refractivity (Wildman–Crippen MR) is 117 cm³/mol. The minimum Gasteiger partial charge on any atom is -0.384 e. The van der Waals surface area contributed by atoms with Crippen molar-refractivity contribution >= 4 is 34.5 Å². The molecule has 0 aliphatic rings. The van der Waals surface area contributed by atoms with Gasteiger partial charge in [0.1, 0.15) is 23.7 Å². The lowest BCUT2D eigenvalue weighted by atomic mass is 9.85. The summed E-state index contributed by atoms with van der Waals surface area (Å²) in [6.07, 6.45) is 0. The van der Waals surface area contributed by atoms with Gasteiger partial charge in [0, 0.05) is 11.1 Å². The van der Waals surface area contributed by atoms with Crippen molar-refractivity contribution in [3.8, 4) is 11.5 Å². The van der Waals surface area contributed by atoms with Crippen LogP contribution >= 0.6 is 23.7 Å². The van der Waals surface area contributed by atoms with Crippen LogP contribution in [-0.4, -0.2) is 4.21 Å². The molecule has 0 aromatic heterocycles. The minimum absolute atomic E-state index is 0.232. The first-order valence-electron chi connectivity index (χ1n) is 9.10. The predicted octanol–water partition coefficient (Wildman–Crippen LogP) is 7.13. The molecule has 3 nitrogen and oxygen atoms in total. The van der Waals surface area contributed by atoms with Crippen molar-refractivity contribution in [2.75, 3.05) is 0 Å². The fraction of sp³-hybridized carbons (Fsp3) is 0.455. The summed E-state index contributed by atoms with van der Waals surface area (Å²) < 4.78 is 24.1. The average molecular weight is 443 g/mol. The molecular weight excluding hydrogens is 415 g/mol. The highest BCUT2D eigenvalue weighted by atomic mass is 35.5. The Balaban J connectivity index is 2.81. The molecule has 0 aliphatic carbocycles. The Bertz CT molecular complexity index is 836. The largest absolute Gasteiger partial charge is 0.384 e. The van der Waals surface area contributed by atoms with Gasteiger partial charge in [-0.15, -0.1) is 0 Å². The zero-order chi connectivity index (χ0) is 21.4. The standard InChI is InChI=1S/C22H28Cl2O3S/c1-13-9-15(21(3,4)5)19(26-23)17(11-13)28(25)18-12-14(2)10-16(20(18)27-24)22(6,7)8/h9-12H,1-8H3. The van der Waals surface area contributed by atoms with Gasteiger partial charge in [-0.25, -0.2) is 4.21 Å². The molecule has 2 aromatic rings. The van der Waals surface area contributed by atoms with Crippen molar-refractivity contribution in [1.82, 2.24) is 0 Å². The molecule has 0 fully saturated rings. The van der Waals surface area contributed by atoms with Crippen LogP contribution in [0.15, 0.2) is 34.1 Å². The van der Waals surface area contributed by atoms with Gasteiger partial charge in [-0.3, -0.25) is 0 Å². The lowest BCUT2D eigenvalue weighted by molar-refractivity contribution is 0.522. The number of hydrogen-bond donors (Lipinski definition) is 0. The average Bonchev–Trinajstić information content (AvgIpc) is 2.58. The first kappa shape index (κ1) is 23.1. The van der Waals surface area contributed by atoms with Crippen molar-refractivity contribution in [3.63, 3.8) is 0 Å². The van der Waals surface area contributed by atoms with Gasteiger partial charge >= 0.3 is 0 Å². The van der Waals surface area contributed by atoms with Gasteiger partial charge in [0.25, 0.3) is 0 Å². The van der Waals surface area contributed by atoms with Crippen LogP contribution in [0.3, 0.4) is 0 Å². The molecule has 0 bridgehead atoms. The SMILES string of the molecule is Cc1cc(S(=O)c2cc(C)cc(C(C)(C)C)c2OCl)c(OCl)c(C(C)(C)C)c1. The van der Waals surface area contributed by atoms with E-state index in [1.54, 1.807) is 0 Å². The third-order valence-electron chi connectivity index (χ3n) is 4.57. The minimum atomic E-state index is -1.60. The molecule has 2 rings (SSSR count). The summed E-state index contributed by atoms with van der Waals surface area (Å²) >= 11 is 11.7. The van der Waals surface area contributed by atoms with Crippen molar-refractivity contribution in [2.24, 2.45) is 0 Å². The topological polar surface area (TPSA) is 35.5 Å². The summed E-state index contributed by atoms with van der Waals surface area (Å²) in [5.74, 6) is 0.829. The van der Waals surface area contributed by atoms with Crippen molar-refractivity contribution in [3.05, 3.63) is 46.5 Å². The number of rotatable bonds is 4. The van der Waals surface area contributed by atoms with E-state index in [0.717, 1.165) is 22.3 Å². The van der Waals surface area contributed by atoms with Crippen LogP contribution in [0.1, 0.15) is 63.8 Å². The van der Waals surface area contributed by atoms with E-state index in [1.807, 2.05) is 38.1 Å². The van der Waals surface area contributed by atoms with E-state index in [1.165, 1.54) is 0 Å². The fourth-order valence-corrected chi connectivity index (χ4v) is 5.03. The van der Waals surface area contributed by atoms with Gasteiger partial charge in [0.2, 0.25) is 0 Å². The molecule has 0 radical (unpaired) electrons. The second kappa shape index (κ2) is 8.25. The van der Waals surface area contributed by atoms with Crippen LogP contribution in [-0.2, 0) is 21.6 Å². The van der Waals surface area contributed by atoms with Crippen LogP contribution in [0.2, 0.25) is 0 Å². The molecule has 0 atom stereocenters. The Labute approximate surface area is 181 Å². The molecule has 154 valence electrons. The van der Waals surface area contributed by atoms with Crippen molar-refractivity contribution in [2.45, 2.75) is 76.0 Å². The Morgan fingerprint density at radius 3 is 1.29 bits per heavy atom. The summed E-state index contributed by atoms with van der Waals surface area (Å²) in [5.41, 5.74) is 3.27. The van der Waals surface area contributed by atoms with Gasteiger partial charge in [0.15, 0.2) is 11.5 Å². The van der Waals surface area contributed by atoms with Crippen LogP contribution in [0.4, 0.5) is 0 Å². The van der Waals surface area contributed by atoms with Crippen LogP contribution in [0.5, 0.6) is 11.5 Å². The normalized spacial score (nSPS) is 12.4. The highest BCUT2D eigenvalue weighted by molar-refractivity contribution is 7.85. The quantitative estimate of drug-likeness (QED) is 0.504. The third kappa shape index (κ3) is 4.67. The van der Waals surface area contributed by atoms with E-state index in [4.69, 9.17) is 32.3 Å². The molecule has 0 spiro atoms. The van der Waals surface area contributed by atoms with Gasteiger partial charge in [-0.05, 0) is 47.9 Å². The molecule has 0 saturated carbocycles. The van der Waals surface area contributed by atoms with Gasteiger partial charge < -0.3 is 8.58 Å². The zero-order valence-corrected chi connectivity index (χ0v) is 20.0. The maximum Gasteiger partial charge on any atom is 0.166 e. The van der Waals surface area contributed by atoms with E-state index < -0.39 is 10.8 Å². The Morgan fingerprint density at radius 1 is 0.714 bits per heavy atom. The number of aryl methyl sites for hydroxylation is 2. The molecule has 0 N–H and O–H groups in total. The summed E-state index contributed by atoms with van der Waals surface area (Å²) in [5, 5.41) is 0. The molecule has 0 amide bonds. The second-order valence-electron chi connectivity index (χ2n) is 9.20. The molecule has 6 heteroatoms. The fourth-order valence-electron chi connectivity index (χ4n) is 3.15. The summed E-state index contributed by atoms with van der Waals surface area (Å²) in [7, 11) is -1.60. The van der Waals surface area contributed by atoms with Gasteiger partial charge in [-0.2, -0.15) is 0 Å². The van der Waals surface area contributed by atoms with Crippen LogP contribution < -0.4 is 8.58 Å². The highest BCUT2D eigenvalue weighted by Gasteiger charge is 2.29. The third-order valence-corrected chi connectivity index (χ3v) is 6.28.